The van der Waals surface area contributed by atoms with Crippen LogP contribution in [0.25, 0.3) is 11.4 Å². The van der Waals surface area contributed by atoms with Crippen molar-refractivity contribution in [3.63, 3.8) is 0 Å². The van der Waals surface area contributed by atoms with Crippen molar-refractivity contribution in [2.75, 3.05) is 5.32 Å². The molecule has 2 aliphatic rings. The second-order valence-corrected chi connectivity index (χ2v) is 8.88. The molecule has 0 bridgehead atoms. The zero-order chi connectivity index (χ0) is 19.6. The molecular formula is C21H22N6OS. The van der Waals surface area contributed by atoms with Crippen molar-refractivity contribution in [1.29, 1.82) is 0 Å². The monoisotopic (exact) mass is 406 g/mol. The molecule has 3 aromatic rings. The smallest absolute Gasteiger partial charge is 0.258 e. The van der Waals surface area contributed by atoms with Gasteiger partial charge in [-0.15, -0.1) is 16.9 Å². The molecule has 7 nitrogen and oxygen atoms in total. The summed E-state index contributed by atoms with van der Waals surface area (Å²) < 4.78 is 1.88. The number of aromatic nitrogens is 5. The molecule has 2 aromatic heterocycles. The van der Waals surface area contributed by atoms with E-state index in [9.17, 15) is 4.79 Å². The molecule has 5 rings (SSSR count). The number of nitrogens with one attached hydrogen (secondary N) is 1. The third-order valence-electron chi connectivity index (χ3n) is 5.38. The number of benzene rings is 1. The Bertz CT molecular complexity index is 1010. The molecule has 148 valence electrons. The first-order valence-corrected chi connectivity index (χ1v) is 11.0. The summed E-state index contributed by atoms with van der Waals surface area (Å²) in [5.41, 5.74) is 2.31. The molecule has 2 fully saturated rings. The third kappa shape index (κ3) is 4.03. The van der Waals surface area contributed by atoms with Gasteiger partial charge in [0.15, 0.2) is 5.82 Å². The zero-order valence-electron chi connectivity index (χ0n) is 16.0. The van der Waals surface area contributed by atoms with Crippen LogP contribution in [-0.2, 0) is 0 Å². The molecule has 2 saturated carbocycles. The fourth-order valence-corrected chi connectivity index (χ4v) is 4.97. The van der Waals surface area contributed by atoms with Gasteiger partial charge in [0, 0.05) is 22.7 Å². The molecule has 1 N–H and O–H groups in total. The molecule has 1 amide bonds. The van der Waals surface area contributed by atoms with Crippen LogP contribution in [0.3, 0.4) is 0 Å². The number of hydrogen-bond donors (Lipinski definition) is 1. The van der Waals surface area contributed by atoms with Crippen LogP contribution >= 0.6 is 11.8 Å². The minimum absolute atomic E-state index is 0.130. The topological polar surface area (TPSA) is 85.6 Å². The number of hydrogen-bond acceptors (Lipinski definition) is 6. The Morgan fingerprint density at radius 2 is 1.86 bits per heavy atom. The van der Waals surface area contributed by atoms with Gasteiger partial charge >= 0.3 is 0 Å². The molecule has 0 spiro atoms. The van der Waals surface area contributed by atoms with E-state index < -0.39 is 0 Å². The van der Waals surface area contributed by atoms with Crippen LogP contribution in [0.5, 0.6) is 0 Å². The van der Waals surface area contributed by atoms with Crippen LogP contribution in [0.2, 0.25) is 0 Å². The number of carbonyl (C=O) groups is 1. The minimum Gasteiger partial charge on any atom is -0.322 e. The first kappa shape index (κ1) is 18.3. The van der Waals surface area contributed by atoms with E-state index in [4.69, 9.17) is 0 Å². The molecular weight excluding hydrogens is 384 g/mol. The van der Waals surface area contributed by atoms with Gasteiger partial charge in [-0.3, -0.25) is 4.79 Å². The lowest BCUT2D eigenvalue weighted by atomic mass is 10.2. The van der Waals surface area contributed by atoms with E-state index in [0.29, 0.717) is 16.9 Å². The van der Waals surface area contributed by atoms with Crippen molar-refractivity contribution in [2.24, 2.45) is 0 Å². The van der Waals surface area contributed by atoms with Gasteiger partial charge in [-0.1, -0.05) is 12.8 Å². The first-order valence-electron chi connectivity index (χ1n) is 10.1. The fourth-order valence-electron chi connectivity index (χ4n) is 3.67. The SMILES string of the molecule is O=C(Nc1ccc(-c2nnnn2C2CC2)cc1)c1cccnc1SC1CCCC1. The van der Waals surface area contributed by atoms with Crippen molar-refractivity contribution >= 4 is 23.4 Å². The third-order valence-corrected chi connectivity index (χ3v) is 6.74. The number of nitrogens with zero attached hydrogens (tertiary/aromatic N) is 5. The predicted molar refractivity (Wildman–Crippen MR) is 112 cm³/mol. The Balaban J connectivity index is 1.30. The molecule has 2 heterocycles. The lowest BCUT2D eigenvalue weighted by Crippen LogP contribution is -2.14. The molecule has 1 aromatic carbocycles. The number of anilines is 1. The summed E-state index contributed by atoms with van der Waals surface area (Å²) >= 11 is 1.73. The summed E-state index contributed by atoms with van der Waals surface area (Å²) in [4.78, 5) is 17.3. The maximum Gasteiger partial charge on any atom is 0.258 e. The van der Waals surface area contributed by atoms with E-state index in [1.54, 1.807) is 18.0 Å². The lowest BCUT2D eigenvalue weighted by Gasteiger charge is -2.12. The summed E-state index contributed by atoms with van der Waals surface area (Å²) in [6.45, 7) is 0. The normalized spacial score (nSPS) is 16.8. The van der Waals surface area contributed by atoms with Crippen molar-refractivity contribution in [2.45, 2.75) is 54.8 Å². The molecule has 0 radical (unpaired) electrons. The molecule has 8 heteroatoms. The zero-order valence-corrected chi connectivity index (χ0v) is 16.8. The highest BCUT2D eigenvalue weighted by molar-refractivity contribution is 7.99. The standard InChI is InChI=1S/C21H22N6OS/c28-20(18-6-3-13-22-21(18)29-17-4-1-2-5-17)23-15-9-7-14(8-10-15)19-24-25-26-27(19)16-11-12-16/h3,6-10,13,16-17H,1-2,4-5,11-12H2,(H,23,28). The van der Waals surface area contributed by atoms with Gasteiger partial charge in [0.2, 0.25) is 0 Å². The van der Waals surface area contributed by atoms with Crippen molar-refractivity contribution < 1.29 is 4.79 Å². The number of rotatable bonds is 6. The van der Waals surface area contributed by atoms with Crippen molar-refractivity contribution in [3.8, 4) is 11.4 Å². The first-order chi connectivity index (χ1) is 14.3. The average Bonchev–Trinajstić information content (AvgIpc) is 3.24. The highest BCUT2D eigenvalue weighted by atomic mass is 32.2. The van der Waals surface area contributed by atoms with Gasteiger partial charge in [0.1, 0.15) is 5.03 Å². The van der Waals surface area contributed by atoms with Crippen LogP contribution < -0.4 is 5.32 Å². The summed E-state index contributed by atoms with van der Waals surface area (Å²) in [6, 6.07) is 11.7. The van der Waals surface area contributed by atoms with E-state index in [-0.39, 0.29) is 5.91 Å². The fraction of sp³-hybridized carbons (Fsp3) is 0.381. The van der Waals surface area contributed by atoms with Gasteiger partial charge in [-0.05, 0) is 72.5 Å². The number of thioether (sulfide) groups is 1. The molecule has 0 atom stereocenters. The van der Waals surface area contributed by atoms with Crippen LogP contribution in [0, 0.1) is 0 Å². The molecule has 2 aliphatic carbocycles. The van der Waals surface area contributed by atoms with Crippen LogP contribution in [0.1, 0.15) is 54.9 Å². The van der Waals surface area contributed by atoms with E-state index in [2.05, 4.69) is 25.8 Å². The lowest BCUT2D eigenvalue weighted by molar-refractivity contribution is 0.102. The molecule has 29 heavy (non-hydrogen) atoms. The second kappa shape index (κ2) is 7.94. The maximum atomic E-state index is 12.9. The summed E-state index contributed by atoms with van der Waals surface area (Å²) in [7, 11) is 0. The molecule has 0 aliphatic heterocycles. The predicted octanol–water partition coefficient (Wildman–Crippen LogP) is 4.36. The largest absolute Gasteiger partial charge is 0.322 e. The molecule has 0 saturated heterocycles. The van der Waals surface area contributed by atoms with Gasteiger partial charge in [0.25, 0.3) is 5.91 Å². The van der Waals surface area contributed by atoms with Gasteiger partial charge in [-0.2, -0.15) is 0 Å². The quantitative estimate of drug-likeness (QED) is 0.655. The highest BCUT2D eigenvalue weighted by Gasteiger charge is 2.28. The van der Waals surface area contributed by atoms with E-state index in [0.717, 1.165) is 34.9 Å². The van der Waals surface area contributed by atoms with Crippen LogP contribution in [0.15, 0.2) is 47.6 Å². The Morgan fingerprint density at radius 3 is 2.62 bits per heavy atom. The average molecular weight is 407 g/mol. The molecule has 0 unspecified atom stereocenters. The summed E-state index contributed by atoms with van der Waals surface area (Å²) in [5.74, 6) is 0.641. The number of tetrazole rings is 1. The summed E-state index contributed by atoms with van der Waals surface area (Å²) in [5, 5.41) is 16.4. The highest BCUT2D eigenvalue weighted by Crippen LogP contribution is 2.37. The van der Waals surface area contributed by atoms with Gasteiger partial charge in [0.05, 0.1) is 11.6 Å². The maximum absolute atomic E-state index is 12.9. The minimum atomic E-state index is -0.130. The van der Waals surface area contributed by atoms with Crippen LogP contribution in [-0.4, -0.2) is 36.3 Å². The van der Waals surface area contributed by atoms with Gasteiger partial charge < -0.3 is 5.32 Å². The van der Waals surface area contributed by atoms with Crippen LogP contribution in [0.4, 0.5) is 5.69 Å². The Labute approximate surface area is 173 Å². The second-order valence-electron chi connectivity index (χ2n) is 7.59. The van der Waals surface area contributed by atoms with Crippen molar-refractivity contribution in [1.82, 2.24) is 25.2 Å². The Morgan fingerprint density at radius 1 is 1.07 bits per heavy atom. The van der Waals surface area contributed by atoms with E-state index in [1.165, 1.54) is 25.7 Å². The van der Waals surface area contributed by atoms with E-state index in [1.807, 2.05) is 41.1 Å². The van der Waals surface area contributed by atoms with Crippen molar-refractivity contribution in [3.05, 3.63) is 48.2 Å². The van der Waals surface area contributed by atoms with E-state index >= 15 is 0 Å². The summed E-state index contributed by atoms with van der Waals surface area (Å²) in [6.07, 6.45) is 8.93. The Kier molecular flexibility index (Phi) is 5.01. The van der Waals surface area contributed by atoms with Gasteiger partial charge in [-0.25, -0.2) is 9.67 Å². The Hall–Kier alpha value is -2.74. The number of carbonyl (C=O) groups excluding carboxylic acids is 1. The number of pyridine rings is 1. The number of amides is 1.